The highest BCUT2D eigenvalue weighted by atomic mass is 35.5. The van der Waals surface area contributed by atoms with Gasteiger partial charge < -0.3 is 9.57 Å². The number of carbonyl (C=O) groups is 1. The van der Waals surface area contributed by atoms with E-state index < -0.39 is 5.97 Å². The fourth-order valence-corrected chi connectivity index (χ4v) is 2.61. The first kappa shape index (κ1) is 18.9. The van der Waals surface area contributed by atoms with E-state index in [9.17, 15) is 4.79 Å². The van der Waals surface area contributed by atoms with Crippen molar-refractivity contribution in [1.29, 1.82) is 0 Å². The van der Waals surface area contributed by atoms with Crippen molar-refractivity contribution >= 4 is 58.6 Å². The van der Waals surface area contributed by atoms with E-state index >= 15 is 0 Å². The predicted octanol–water partition coefficient (Wildman–Crippen LogP) is 5.80. The summed E-state index contributed by atoms with van der Waals surface area (Å²) < 4.78 is 5.08. The van der Waals surface area contributed by atoms with Gasteiger partial charge in [-0.2, -0.15) is 0 Å². The molecule has 24 heavy (non-hydrogen) atoms. The van der Waals surface area contributed by atoms with Gasteiger partial charge in [0.15, 0.2) is 0 Å². The zero-order valence-electron chi connectivity index (χ0n) is 12.1. The molecular formula is C16H11Cl4NO3. The third-order valence-electron chi connectivity index (χ3n) is 2.80. The second kappa shape index (κ2) is 9.14. The maximum Gasteiger partial charge on any atom is 0.316 e. The average molecular weight is 407 g/mol. The van der Waals surface area contributed by atoms with E-state index in [0.717, 1.165) is 0 Å². The topological polar surface area (TPSA) is 47.9 Å². The monoisotopic (exact) mass is 405 g/mol. The first-order valence-electron chi connectivity index (χ1n) is 6.70. The molecule has 4 nitrogen and oxygen atoms in total. The van der Waals surface area contributed by atoms with Crippen LogP contribution in [0.3, 0.4) is 0 Å². The number of esters is 1. The van der Waals surface area contributed by atoms with Gasteiger partial charge in [-0.3, -0.25) is 4.79 Å². The summed E-state index contributed by atoms with van der Waals surface area (Å²) in [6.07, 6.45) is 1.19. The van der Waals surface area contributed by atoms with Crippen LogP contribution in [0, 0.1) is 0 Å². The van der Waals surface area contributed by atoms with Gasteiger partial charge in [0.05, 0.1) is 17.7 Å². The van der Waals surface area contributed by atoms with Gasteiger partial charge in [-0.25, -0.2) is 0 Å². The van der Waals surface area contributed by atoms with Gasteiger partial charge in [-0.05, 0) is 30.3 Å². The molecule has 2 aromatic carbocycles. The Morgan fingerprint density at radius 2 is 1.75 bits per heavy atom. The van der Waals surface area contributed by atoms with E-state index in [1.165, 1.54) is 18.3 Å². The lowest BCUT2D eigenvalue weighted by atomic mass is 10.2. The van der Waals surface area contributed by atoms with Crippen molar-refractivity contribution in [3.63, 3.8) is 0 Å². The van der Waals surface area contributed by atoms with Gasteiger partial charge in [0, 0.05) is 20.6 Å². The lowest BCUT2D eigenvalue weighted by molar-refractivity contribution is -0.132. The zero-order valence-corrected chi connectivity index (χ0v) is 15.2. The number of rotatable bonds is 6. The Morgan fingerprint density at radius 3 is 2.42 bits per heavy atom. The molecule has 0 fully saturated rings. The molecule has 0 bridgehead atoms. The van der Waals surface area contributed by atoms with Crippen molar-refractivity contribution in [3.05, 3.63) is 62.1 Å². The van der Waals surface area contributed by atoms with E-state index in [4.69, 9.17) is 56.0 Å². The molecule has 0 aromatic heterocycles. The third-order valence-corrected chi connectivity index (χ3v) is 4.03. The van der Waals surface area contributed by atoms with E-state index in [1.54, 1.807) is 24.3 Å². The Morgan fingerprint density at radius 1 is 1.04 bits per heavy atom. The van der Waals surface area contributed by atoms with Crippen molar-refractivity contribution in [3.8, 4) is 5.75 Å². The Balaban J connectivity index is 1.80. The Bertz CT molecular complexity index is 745. The highest BCUT2D eigenvalue weighted by Gasteiger charge is 2.08. The Kier molecular flexibility index (Phi) is 7.18. The molecule has 0 N–H and O–H groups in total. The molecule has 126 valence electrons. The molecule has 0 radical (unpaired) electrons. The number of benzene rings is 2. The van der Waals surface area contributed by atoms with E-state index in [0.29, 0.717) is 20.6 Å². The van der Waals surface area contributed by atoms with Crippen molar-refractivity contribution in [1.82, 2.24) is 0 Å². The summed E-state index contributed by atoms with van der Waals surface area (Å²) >= 11 is 23.7. The molecule has 0 aliphatic carbocycles. The first-order chi connectivity index (χ1) is 11.5. The van der Waals surface area contributed by atoms with Gasteiger partial charge in [0.25, 0.3) is 0 Å². The van der Waals surface area contributed by atoms with Gasteiger partial charge in [0.2, 0.25) is 0 Å². The summed E-state index contributed by atoms with van der Waals surface area (Å²) in [6, 6.07) is 9.69. The third kappa shape index (κ3) is 5.56. The van der Waals surface area contributed by atoms with Crippen LogP contribution in [0.5, 0.6) is 5.75 Å². The predicted molar refractivity (Wildman–Crippen MR) is 96.5 cm³/mol. The number of hydrogen-bond donors (Lipinski definition) is 0. The van der Waals surface area contributed by atoms with Gasteiger partial charge in [-0.15, -0.1) is 0 Å². The molecule has 0 atom stereocenters. The smallest absolute Gasteiger partial charge is 0.316 e. The number of ether oxygens (including phenoxy) is 1. The average Bonchev–Trinajstić information content (AvgIpc) is 2.52. The van der Waals surface area contributed by atoms with Crippen LogP contribution in [0.15, 0.2) is 41.6 Å². The SMILES string of the molecule is O=C(C/C=N/OCc1c(Cl)cccc1Cl)Oc1ccc(Cl)cc1Cl. The van der Waals surface area contributed by atoms with Gasteiger partial charge in [-0.1, -0.05) is 57.6 Å². The summed E-state index contributed by atoms with van der Waals surface area (Å²) in [5, 5.41) is 5.33. The maximum absolute atomic E-state index is 11.7. The minimum Gasteiger partial charge on any atom is -0.425 e. The molecule has 0 saturated heterocycles. The molecular weight excluding hydrogens is 396 g/mol. The first-order valence-corrected chi connectivity index (χ1v) is 8.21. The fourth-order valence-electron chi connectivity index (χ4n) is 1.66. The number of oxime groups is 1. The summed E-state index contributed by atoms with van der Waals surface area (Å²) in [6.45, 7) is 0.0903. The van der Waals surface area contributed by atoms with Crippen molar-refractivity contribution < 1.29 is 14.4 Å². The van der Waals surface area contributed by atoms with Crippen LogP contribution in [0.1, 0.15) is 12.0 Å². The standard InChI is InChI=1S/C16H11Cl4NO3/c17-10-4-5-15(14(20)8-10)24-16(22)6-7-21-23-9-11-12(18)2-1-3-13(11)19/h1-5,7-8H,6,9H2/b21-7+. The quantitative estimate of drug-likeness (QED) is 0.263. The highest BCUT2D eigenvalue weighted by molar-refractivity contribution is 6.36. The lowest BCUT2D eigenvalue weighted by Gasteiger charge is -2.05. The lowest BCUT2D eigenvalue weighted by Crippen LogP contribution is -2.08. The van der Waals surface area contributed by atoms with Crippen LogP contribution in [0.4, 0.5) is 0 Å². The van der Waals surface area contributed by atoms with E-state index in [2.05, 4.69) is 5.16 Å². The summed E-state index contributed by atoms with van der Waals surface area (Å²) in [5.41, 5.74) is 0.619. The zero-order chi connectivity index (χ0) is 17.5. The number of halogens is 4. The number of nitrogens with zero attached hydrogens (tertiary/aromatic N) is 1. The molecule has 2 aromatic rings. The van der Waals surface area contributed by atoms with Crippen LogP contribution in [-0.4, -0.2) is 12.2 Å². The van der Waals surface area contributed by atoms with Crippen LogP contribution in [0.2, 0.25) is 20.1 Å². The minimum absolute atomic E-state index is 0.0881. The normalized spacial score (nSPS) is 10.8. The molecule has 0 aliphatic heterocycles. The summed E-state index contributed by atoms with van der Waals surface area (Å²) in [4.78, 5) is 16.8. The molecule has 0 spiro atoms. The summed E-state index contributed by atoms with van der Waals surface area (Å²) in [5.74, 6) is -0.314. The number of carbonyl (C=O) groups excluding carboxylic acids is 1. The van der Waals surface area contributed by atoms with Crippen LogP contribution < -0.4 is 4.74 Å². The molecule has 0 unspecified atom stereocenters. The van der Waals surface area contributed by atoms with Crippen molar-refractivity contribution in [2.45, 2.75) is 13.0 Å². The molecule has 0 saturated carbocycles. The number of hydrogen-bond acceptors (Lipinski definition) is 4. The molecule has 0 amide bonds. The van der Waals surface area contributed by atoms with Gasteiger partial charge in [0.1, 0.15) is 12.4 Å². The van der Waals surface area contributed by atoms with Crippen molar-refractivity contribution in [2.75, 3.05) is 0 Å². The van der Waals surface area contributed by atoms with Crippen molar-refractivity contribution in [2.24, 2.45) is 5.16 Å². The molecule has 0 heterocycles. The Labute approximate surface area is 158 Å². The Hall–Kier alpha value is -1.46. The minimum atomic E-state index is -0.539. The van der Waals surface area contributed by atoms with Crippen LogP contribution >= 0.6 is 46.4 Å². The van der Waals surface area contributed by atoms with Gasteiger partial charge >= 0.3 is 5.97 Å². The van der Waals surface area contributed by atoms with Crippen LogP contribution in [0.25, 0.3) is 0 Å². The highest BCUT2D eigenvalue weighted by Crippen LogP contribution is 2.27. The van der Waals surface area contributed by atoms with E-state index in [1.807, 2.05) is 0 Å². The van der Waals surface area contributed by atoms with E-state index in [-0.39, 0.29) is 23.8 Å². The largest absolute Gasteiger partial charge is 0.425 e. The van der Waals surface area contributed by atoms with Crippen LogP contribution in [-0.2, 0) is 16.2 Å². The fraction of sp³-hybridized carbons (Fsp3) is 0.125. The second-order valence-electron chi connectivity index (χ2n) is 4.51. The molecule has 8 heteroatoms. The summed E-state index contributed by atoms with van der Waals surface area (Å²) in [7, 11) is 0. The molecule has 2 rings (SSSR count). The maximum atomic E-state index is 11.7. The molecule has 0 aliphatic rings. The second-order valence-corrected chi connectivity index (χ2v) is 6.17.